The van der Waals surface area contributed by atoms with Gasteiger partial charge < -0.3 is 33.5 Å². The number of esters is 2. The van der Waals surface area contributed by atoms with E-state index in [1.165, 1.54) is 14.2 Å². The molecule has 0 amide bonds. The summed E-state index contributed by atoms with van der Waals surface area (Å²) >= 11 is 0. The zero-order chi connectivity index (χ0) is 27.1. The minimum Gasteiger partial charge on any atom is -0.468 e. The molecule has 2 heterocycles. The van der Waals surface area contributed by atoms with Gasteiger partial charge in [0.25, 0.3) is 0 Å². The van der Waals surface area contributed by atoms with Crippen molar-refractivity contribution < 1.29 is 47.9 Å². The van der Waals surface area contributed by atoms with E-state index < -0.39 is 52.1 Å². The Morgan fingerprint density at radius 1 is 1.08 bits per heavy atom. The van der Waals surface area contributed by atoms with Crippen LogP contribution in [0.4, 0.5) is 0 Å². The Morgan fingerprint density at radius 2 is 1.79 bits per heavy atom. The fourth-order valence-electron chi connectivity index (χ4n) is 9.80. The number of carbonyl (C=O) groups is 3. The Morgan fingerprint density at radius 3 is 2.45 bits per heavy atom. The highest BCUT2D eigenvalue weighted by Crippen LogP contribution is 2.72. The van der Waals surface area contributed by atoms with Gasteiger partial charge in [-0.15, -0.1) is 0 Å². The molecule has 2 spiro atoms. The second kappa shape index (κ2) is 8.83. The fourth-order valence-corrected chi connectivity index (χ4v) is 9.80. The molecule has 4 unspecified atom stereocenters. The molecule has 1 N–H and O–H groups in total. The van der Waals surface area contributed by atoms with E-state index in [0.717, 1.165) is 12.0 Å². The number of rotatable bonds is 3. The third-order valence-corrected chi connectivity index (χ3v) is 11.3. The quantitative estimate of drug-likeness (QED) is 0.425. The van der Waals surface area contributed by atoms with Crippen molar-refractivity contribution in [2.45, 2.75) is 69.9 Å². The smallest absolute Gasteiger partial charge is 0.320 e. The van der Waals surface area contributed by atoms with Crippen LogP contribution >= 0.6 is 0 Å². The predicted octanol–water partition coefficient (Wildman–Crippen LogP) is 2.12. The third-order valence-electron chi connectivity index (χ3n) is 11.3. The van der Waals surface area contributed by atoms with Gasteiger partial charge in [0, 0.05) is 17.8 Å². The summed E-state index contributed by atoms with van der Waals surface area (Å²) in [6.45, 7) is 4.73. The van der Waals surface area contributed by atoms with E-state index in [1.54, 1.807) is 6.08 Å². The molecule has 2 saturated heterocycles. The standard InChI is InChI=1S/C28H38O10/c1-25-7-5-15(29)9-19(25)16(21(23(31)33-3)24(32)34-4)10-17-18-6-8-27(26(18,2)11-20(30)22(17)25)28(38-14-36-27)12-35-13-37-28/h9,16-18,20-22,30H,5-8,10-14H2,1-4H3/t16-,17?,18?,20+,22?,25+,26+,27-,28?/m1/s1. The summed E-state index contributed by atoms with van der Waals surface area (Å²) in [4.78, 5) is 38.7. The van der Waals surface area contributed by atoms with E-state index in [-0.39, 0.29) is 43.7 Å². The van der Waals surface area contributed by atoms with Crippen molar-refractivity contribution in [1.82, 2.24) is 0 Å². The van der Waals surface area contributed by atoms with Gasteiger partial charge in [-0.25, -0.2) is 0 Å². The Balaban J connectivity index is 1.46. The van der Waals surface area contributed by atoms with Gasteiger partial charge in [0.05, 0.1) is 20.3 Å². The number of carbonyl (C=O) groups excluding carboxylic acids is 3. The molecule has 0 aromatic rings. The maximum absolute atomic E-state index is 13.0. The Kier molecular flexibility index (Phi) is 6.13. The van der Waals surface area contributed by atoms with Gasteiger partial charge in [-0.05, 0) is 61.3 Å². The average molecular weight is 535 g/mol. The molecule has 9 atom stereocenters. The van der Waals surface area contributed by atoms with Crippen LogP contribution in [0.2, 0.25) is 0 Å². The first kappa shape index (κ1) is 26.4. The number of allylic oxidation sites excluding steroid dienone is 1. The van der Waals surface area contributed by atoms with Crippen molar-refractivity contribution >= 4 is 17.7 Å². The second-order valence-electron chi connectivity index (χ2n) is 12.5. The lowest BCUT2D eigenvalue weighted by atomic mass is 9.42. The molecule has 0 aromatic heterocycles. The van der Waals surface area contributed by atoms with Crippen LogP contribution in [0, 0.1) is 40.4 Å². The third kappa shape index (κ3) is 3.21. The summed E-state index contributed by atoms with van der Waals surface area (Å²) in [7, 11) is 2.51. The molecule has 2 aliphatic heterocycles. The largest absolute Gasteiger partial charge is 0.468 e. The topological polar surface area (TPSA) is 127 Å². The van der Waals surface area contributed by atoms with E-state index in [9.17, 15) is 19.5 Å². The van der Waals surface area contributed by atoms with Crippen molar-refractivity contribution in [1.29, 1.82) is 0 Å². The maximum atomic E-state index is 13.0. The summed E-state index contributed by atoms with van der Waals surface area (Å²) in [5.41, 5.74) is -1.09. The monoisotopic (exact) mass is 534 g/mol. The highest BCUT2D eigenvalue weighted by atomic mass is 16.9. The van der Waals surface area contributed by atoms with Crippen molar-refractivity contribution in [2.75, 3.05) is 34.4 Å². The molecule has 10 nitrogen and oxygen atoms in total. The summed E-state index contributed by atoms with van der Waals surface area (Å²) in [5, 5.41) is 11.9. The van der Waals surface area contributed by atoms with E-state index in [0.29, 0.717) is 32.1 Å². The van der Waals surface area contributed by atoms with Crippen molar-refractivity contribution in [2.24, 2.45) is 40.4 Å². The van der Waals surface area contributed by atoms with Gasteiger partial charge in [-0.2, -0.15) is 0 Å². The molecule has 6 rings (SSSR count). The van der Waals surface area contributed by atoms with Crippen LogP contribution in [-0.4, -0.2) is 74.7 Å². The molecule has 4 aliphatic carbocycles. The Labute approximate surface area is 222 Å². The number of ether oxygens (including phenoxy) is 6. The predicted molar refractivity (Wildman–Crippen MR) is 129 cm³/mol. The van der Waals surface area contributed by atoms with E-state index in [4.69, 9.17) is 28.4 Å². The van der Waals surface area contributed by atoms with E-state index >= 15 is 0 Å². The molecule has 210 valence electrons. The summed E-state index contributed by atoms with van der Waals surface area (Å²) < 4.78 is 34.3. The first-order valence-electron chi connectivity index (χ1n) is 13.7. The molecule has 5 fully saturated rings. The van der Waals surface area contributed by atoms with Crippen LogP contribution in [0.5, 0.6) is 0 Å². The molecule has 3 saturated carbocycles. The van der Waals surface area contributed by atoms with Gasteiger partial charge in [-0.3, -0.25) is 14.4 Å². The van der Waals surface area contributed by atoms with Crippen molar-refractivity contribution in [3.63, 3.8) is 0 Å². The molecule has 0 bridgehead atoms. The lowest BCUT2D eigenvalue weighted by molar-refractivity contribution is -0.258. The van der Waals surface area contributed by atoms with Crippen LogP contribution in [0.3, 0.4) is 0 Å². The molecular formula is C28H38O10. The van der Waals surface area contributed by atoms with Crippen LogP contribution < -0.4 is 0 Å². The lowest BCUT2D eigenvalue weighted by Gasteiger charge is -2.63. The summed E-state index contributed by atoms with van der Waals surface area (Å²) in [6.07, 6.45) is 4.30. The highest BCUT2D eigenvalue weighted by molar-refractivity contribution is 5.97. The fraction of sp³-hybridized carbons (Fsp3) is 0.821. The van der Waals surface area contributed by atoms with Crippen LogP contribution in [0.25, 0.3) is 0 Å². The minimum atomic E-state index is -1.19. The summed E-state index contributed by atoms with van der Waals surface area (Å²) in [5.74, 6) is -4.23. The van der Waals surface area contributed by atoms with Gasteiger partial charge in [0.2, 0.25) is 5.79 Å². The number of hydrogen-bond acceptors (Lipinski definition) is 10. The first-order chi connectivity index (χ1) is 18.1. The average Bonchev–Trinajstić information content (AvgIpc) is 3.59. The van der Waals surface area contributed by atoms with Crippen molar-refractivity contribution in [3.8, 4) is 0 Å². The molecule has 0 aromatic carbocycles. The Hall–Kier alpha value is -1.85. The number of fused-ring (bicyclic) bond motifs is 7. The van der Waals surface area contributed by atoms with Gasteiger partial charge in [0.15, 0.2) is 25.3 Å². The van der Waals surface area contributed by atoms with Crippen LogP contribution in [0.15, 0.2) is 11.6 Å². The van der Waals surface area contributed by atoms with Gasteiger partial charge in [-0.1, -0.05) is 19.4 Å². The molecule has 6 aliphatic rings. The SMILES string of the molecule is COC(=O)C(C(=O)OC)[C@@H]1CC2C([C@@H](O)C[C@@]3(C)C2CC[C@@]32OCOC23COCO3)[C@@]2(C)CCC(=O)C=C12. The Bertz CT molecular complexity index is 1040. The molecule has 0 radical (unpaired) electrons. The van der Waals surface area contributed by atoms with E-state index in [1.807, 2.05) is 0 Å². The number of aliphatic hydroxyl groups is 1. The number of methoxy groups -OCH3 is 2. The lowest BCUT2D eigenvalue weighted by Crippen LogP contribution is -2.67. The normalized spacial score (nSPS) is 47.6. The zero-order valence-corrected chi connectivity index (χ0v) is 22.5. The van der Waals surface area contributed by atoms with Gasteiger partial charge >= 0.3 is 11.9 Å². The zero-order valence-electron chi connectivity index (χ0n) is 22.5. The minimum absolute atomic E-state index is 0.0267. The van der Waals surface area contributed by atoms with Crippen LogP contribution in [0.1, 0.15) is 52.4 Å². The van der Waals surface area contributed by atoms with Crippen molar-refractivity contribution in [3.05, 3.63) is 11.6 Å². The second-order valence-corrected chi connectivity index (χ2v) is 12.5. The van der Waals surface area contributed by atoms with E-state index in [2.05, 4.69) is 13.8 Å². The molecular weight excluding hydrogens is 496 g/mol. The molecule has 38 heavy (non-hydrogen) atoms. The van der Waals surface area contributed by atoms with Crippen LogP contribution in [-0.2, 0) is 42.8 Å². The molecule has 10 heteroatoms. The number of hydrogen-bond donors (Lipinski definition) is 1. The van der Waals surface area contributed by atoms with Gasteiger partial charge in [0.1, 0.15) is 12.2 Å². The first-order valence-corrected chi connectivity index (χ1v) is 13.7. The number of aliphatic hydroxyl groups excluding tert-OH is 1. The maximum Gasteiger partial charge on any atom is 0.320 e. The number of ketones is 1. The summed E-state index contributed by atoms with van der Waals surface area (Å²) in [6, 6.07) is 0. The highest BCUT2D eigenvalue weighted by Gasteiger charge is 2.77.